The summed E-state index contributed by atoms with van der Waals surface area (Å²) in [4.78, 5) is 14.2. The van der Waals surface area contributed by atoms with Gasteiger partial charge in [0.05, 0.1) is 11.6 Å². The molecule has 1 fully saturated rings. The van der Waals surface area contributed by atoms with Gasteiger partial charge in [-0.25, -0.2) is 4.79 Å². The number of hydrogen-bond acceptors (Lipinski definition) is 4. The molecule has 0 saturated carbocycles. The molecular weight excluding hydrogens is 376 g/mol. The molecule has 0 aromatic heterocycles. The quantitative estimate of drug-likeness (QED) is 0.668. The topological polar surface area (TPSA) is 62.6 Å². The number of allylic oxidation sites excluding steroid dienone is 1. The van der Waals surface area contributed by atoms with Crippen LogP contribution in [0.2, 0.25) is 0 Å². The standard InChI is InChI=1S/C25H26N2O3/c1-25(2,3)30-24(28)27-15-20-12-19(13-21(20)16-27)18-6-10-23(11-7-18)29-22-8-4-17(14-26)5-9-22/h4-12,20-21H,13,15-16H2,1-3H3. The number of benzene rings is 2. The van der Waals surface area contributed by atoms with Gasteiger partial charge in [0.15, 0.2) is 0 Å². The zero-order valence-electron chi connectivity index (χ0n) is 17.6. The van der Waals surface area contributed by atoms with Gasteiger partial charge in [0, 0.05) is 13.1 Å². The van der Waals surface area contributed by atoms with E-state index in [-0.39, 0.29) is 6.09 Å². The Morgan fingerprint density at radius 3 is 2.23 bits per heavy atom. The summed E-state index contributed by atoms with van der Waals surface area (Å²) in [5.41, 5.74) is 2.68. The maximum absolute atomic E-state index is 12.3. The molecule has 1 heterocycles. The Bertz CT molecular complexity index is 995. The molecule has 2 aliphatic rings. The number of amides is 1. The van der Waals surface area contributed by atoms with Crippen LogP contribution in [0.1, 0.15) is 38.3 Å². The van der Waals surface area contributed by atoms with Crippen LogP contribution in [0.4, 0.5) is 4.79 Å². The van der Waals surface area contributed by atoms with Crippen LogP contribution in [0, 0.1) is 23.2 Å². The Kier molecular flexibility index (Phi) is 5.26. The maximum atomic E-state index is 12.3. The van der Waals surface area contributed by atoms with Gasteiger partial charge in [0.25, 0.3) is 0 Å². The Balaban J connectivity index is 1.37. The van der Waals surface area contributed by atoms with Crippen LogP contribution in [0.3, 0.4) is 0 Å². The molecule has 30 heavy (non-hydrogen) atoms. The van der Waals surface area contributed by atoms with Gasteiger partial charge < -0.3 is 14.4 Å². The third-order valence-electron chi connectivity index (χ3n) is 5.48. The van der Waals surface area contributed by atoms with Crippen molar-refractivity contribution in [3.05, 3.63) is 65.7 Å². The lowest BCUT2D eigenvalue weighted by Gasteiger charge is -2.24. The molecule has 2 unspecified atom stereocenters. The zero-order chi connectivity index (χ0) is 21.3. The monoisotopic (exact) mass is 402 g/mol. The van der Waals surface area contributed by atoms with E-state index in [1.807, 2.05) is 37.8 Å². The third-order valence-corrected chi connectivity index (χ3v) is 5.48. The lowest BCUT2D eigenvalue weighted by molar-refractivity contribution is 0.0285. The Morgan fingerprint density at radius 1 is 1.03 bits per heavy atom. The minimum absolute atomic E-state index is 0.212. The summed E-state index contributed by atoms with van der Waals surface area (Å²) in [6, 6.07) is 17.3. The minimum Gasteiger partial charge on any atom is -0.457 e. The Hall–Kier alpha value is -3.26. The highest BCUT2D eigenvalue weighted by Gasteiger charge is 2.39. The molecule has 0 spiro atoms. The van der Waals surface area contributed by atoms with E-state index < -0.39 is 5.60 Å². The molecule has 2 aromatic rings. The van der Waals surface area contributed by atoms with Gasteiger partial charge in [-0.2, -0.15) is 5.26 Å². The summed E-state index contributed by atoms with van der Waals surface area (Å²) in [5, 5.41) is 8.88. The van der Waals surface area contributed by atoms with Gasteiger partial charge in [-0.05, 0) is 86.6 Å². The fraction of sp³-hybridized carbons (Fsp3) is 0.360. The Morgan fingerprint density at radius 2 is 1.67 bits per heavy atom. The second kappa shape index (κ2) is 7.87. The maximum Gasteiger partial charge on any atom is 0.410 e. The lowest BCUT2D eigenvalue weighted by atomic mass is 9.98. The molecule has 0 N–H and O–H groups in total. The van der Waals surface area contributed by atoms with Gasteiger partial charge in [-0.1, -0.05) is 18.2 Å². The van der Waals surface area contributed by atoms with Crippen molar-refractivity contribution < 1.29 is 14.3 Å². The average molecular weight is 402 g/mol. The van der Waals surface area contributed by atoms with Crippen LogP contribution in [-0.4, -0.2) is 29.7 Å². The molecule has 1 aliphatic heterocycles. The largest absolute Gasteiger partial charge is 0.457 e. The van der Waals surface area contributed by atoms with E-state index in [9.17, 15) is 4.79 Å². The zero-order valence-corrected chi connectivity index (χ0v) is 17.6. The molecule has 0 bridgehead atoms. The highest BCUT2D eigenvalue weighted by molar-refractivity contribution is 5.72. The molecule has 1 saturated heterocycles. The van der Waals surface area contributed by atoms with Crippen molar-refractivity contribution in [3.8, 4) is 17.6 Å². The molecule has 5 nitrogen and oxygen atoms in total. The van der Waals surface area contributed by atoms with Gasteiger partial charge in [-0.15, -0.1) is 0 Å². The van der Waals surface area contributed by atoms with Crippen molar-refractivity contribution in [3.63, 3.8) is 0 Å². The third kappa shape index (κ3) is 4.49. The number of nitrogens with zero attached hydrogens (tertiary/aromatic N) is 2. The summed E-state index contributed by atoms with van der Waals surface area (Å²) in [6.45, 7) is 7.17. The first-order valence-electron chi connectivity index (χ1n) is 10.3. The Labute approximate surface area is 177 Å². The van der Waals surface area contributed by atoms with Crippen molar-refractivity contribution >= 4 is 11.7 Å². The lowest BCUT2D eigenvalue weighted by Crippen LogP contribution is -2.35. The second-order valence-corrected chi connectivity index (χ2v) is 8.97. The molecule has 154 valence electrons. The predicted octanol–water partition coefficient (Wildman–Crippen LogP) is 5.62. The van der Waals surface area contributed by atoms with Gasteiger partial charge in [-0.3, -0.25) is 0 Å². The average Bonchev–Trinajstić information content (AvgIpc) is 3.27. The molecule has 1 amide bonds. The predicted molar refractivity (Wildman–Crippen MR) is 115 cm³/mol. The van der Waals surface area contributed by atoms with Crippen LogP contribution in [0.25, 0.3) is 5.57 Å². The number of fused-ring (bicyclic) bond motifs is 1. The fourth-order valence-electron chi connectivity index (χ4n) is 4.07. The molecule has 2 atom stereocenters. The molecule has 1 aliphatic carbocycles. The van der Waals surface area contributed by atoms with Crippen LogP contribution >= 0.6 is 0 Å². The second-order valence-electron chi connectivity index (χ2n) is 8.97. The van der Waals surface area contributed by atoms with Gasteiger partial charge in [0.1, 0.15) is 17.1 Å². The first-order chi connectivity index (χ1) is 14.3. The van der Waals surface area contributed by atoms with Gasteiger partial charge in [0.2, 0.25) is 0 Å². The van der Waals surface area contributed by atoms with E-state index in [4.69, 9.17) is 14.7 Å². The number of nitriles is 1. The summed E-state index contributed by atoms with van der Waals surface area (Å²) >= 11 is 0. The number of hydrogen-bond donors (Lipinski definition) is 0. The minimum atomic E-state index is -0.461. The van der Waals surface area contributed by atoms with E-state index in [2.05, 4.69) is 24.3 Å². The van der Waals surface area contributed by atoms with Crippen LogP contribution < -0.4 is 4.74 Å². The number of ether oxygens (including phenoxy) is 2. The van der Waals surface area contributed by atoms with Crippen LogP contribution in [0.5, 0.6) is 11.5 Å². The van der Waals surface area contributed by atoms with Crippen molar-refractivity contribution in [2.45, 2.75) is 32.8 Å². The summed E-state index contributed by atoms with van der Waals surface area (Å²) in [5.74, 6) is 2.32. The summed E-state index contributed by atoms with van der Waals surface area (Å²) < 4.78 is 11.4. The SMILES string of the molecule is CC(C)(C)OC(=O)N1CC2C=C(c3ccc(Oc4ccc(C#N)cc4)cc3)CC2C1. The van der Waals surface area contributed by atoms with Crippen molar-refractivity contribution in [1.82, 2.24) is 4.90 Å². The first kappa shape index (κ1) is 20.0. The normalized spacial score (nSPS) is 20.3. The van der Waals surface area contributed by atoms with Crippen molar-refractivity contribution in [2.24, 2.45) is 11.8 Å². The number of likely N-dealkylation sites (tertiary alicyclic amines) is 1. The van der Waals surface area contributed by atoms with Crippen LogP contribution in [-0.2, 0) is 4.74 Å². The number of rotatable bonds is 3. The summed E-state index contributed by atoms with van der Waals surface area (Å²) in [7, 11) is 0. The van der Waals surface area contributed by atoms with Crippen LogP contribution in [0.15, 0.2) is 54.6 Å². The summed E-state index contributed by atoms with van der Waals surface area (Å²) in [6.07, 6.45) is 3.07. The molecule has 2 aromatic carbocycles. The van der Waals surface area contributed by atoms with Crippen molar-refractivity contribution in [1.29, 1.82) is 5.26 Å². The highest BCUT2D eigenvalue weighted by atomic mass is 16.6. The molecule has 4 rings (SSSR count). The number of carbonyl (C=O) groups is 1. The molecular formula is C25H26N2O3. The molecule has 5 heteroatoms. The van der Waals surface area contributed by atoms with E-state index >= 15 is 0 Å². The highest BCUT2D eigenvalue weighted by Crippen LogP contribution is 2.41. The first-order valence-corrected chi connectivity index (χ1v) is 10.3. The smallest absolute Gasteiger partial charge is 0.410 e. The van der Waals surface area contributed by atoms with Crippen molar-refractivity contribution in [2.75, 3.05) is 13.1 Å². The number of carbonyl (C=O) groups excluding carboxylic acids is 1. The van der Waals surface area contributed by atoms with E-state index in [0.29, 0.717) is 23.1 Å². The van der Waals surface area contributed by atoms with E-state index in [0.717, 1.165) is 25.3 Å². The van der Waals surface area contributed by atoms with E-state index in [1.54, 1.807) is 24.3 Å². The fourth-order valence-corrected chi connectivity index (χ4v) is 4.07. The molecule has 0 radical (unpaired) electrons. The van der Waals surface area contributed by atoms with Gasteiger partial charge >= 0.3 is 6.09 Å². The van der Waals surface area contributed by atoms with E-state index in [1.165, 1.54) is 11.1 Å².